The monoisotopic (exact) mass is 435 g/mol. The lowest BCUT2D eigenvalue weighted by Crippen LogP contribution is -2.47. The summed E-state index contributed by atoms with van der Waals surface area (Å²) in [5.41, 5.74) is 2.54. The molecule has 0 aliphatic carbocycles. The van der Waals surface area contributed by atoms with Crippen molar-refractivity contribution in [2.24, 2.45) is 0 Å². The van der Waals surface area contributed by atoms with E-state index in [4.69, 9.17) is 0 Å². The molecule has 0 spiro atoms. The molecule has 1 atom stereocenters. The van der Waals surface area contributed by atoms with Crippen molar-refractivity contribution in [1.82, 2.24) is 10.2 Å². The van der Waals surface area contributed by atoms with Crippen molar-refractivity contribution in [2.45, 2.75) is 12.5 Å². The Morgan fingerprint density at radius 1 is 0.812 bits per heavy atom. The predicted octanol–water partition coefficient (Wildman–Crippen LogP) is 4.65. The first-order valence-electron chi connectivity index (χ1n) is 10.9. The van der Waals surface area contributed by atoms with Gasteiger partial charge in [0.05, 0.1) is 6.04 Å². The Bertz CT molecular complexity index is 1000. The lowest BCUT2D eigenvalue weighted by atomic mass is 10.0. The SMILES string of the molecule is O=C(NC(CCN1CCN(c2ccc(F)cc2)CC1)c1ccccc1)c1ccc(F)cc1. The average molecular weight is 436 g/mol. The van der Waals surface area contributed by atoms with Crippen LogP contribution in [0.2, 0.25) is 0 Å². The third-order valence-corrected chi connectivity index (χ3v) is 5.91. The highest BCUT2D eigenvalue weighted by molar-refractivity contribution is 5.94. The molecular weight excluding hydrogens is 408 g/mol. The van der Waals surface area contributed by atoms with Gasteiger partial charge in [0.15, 0.2) is 0 Å². The number of halogens is 2. The van der Waals surface area contributed by atoms with Crippen LogP contribution in [-0.2, 0) is 0 Å². The Morgan fingerprint density at radius 3 is 2.03 bits per heavy atom. The molecular formula is C26H27F2N3O. The number of amides is 1. The minimum Gasteiger partial charge on any atom is -0.369 e. The van der Waals surface area contributed by atoms with Crippen LogP contribution in [0.15, 0.2) is 78.9 Å². The molecule has 0 saturated carbocycles. The van der Waals surface area contributed by atoms with Crippen LogP contribution < -0.4 is 10.2 Å². The summed E-state index contributed by atoms with van der Waals surface area (Å²) < 4.78 is 26.4. The number of anilines is 1. The van der Waals surface area contributed by atoms with E-state index in [1.807, 2.05) is 42.5 Å². The summed E-state index contributed by atoms with van der Waals surface area (Å²) in [5, 5.41) is 3.11. The van der Waals surface area contributed by atoms with Gasteiger partial charge in [-0.3, -0.25) is 9.69 Å². The standard InChI is InChI=1S/C26H27F2N3O/c27-22-8-6-21(7-9-22)26(32)29-25(20-4-2-1-3-5-20)14-15-30-16-18-31(19-17-30)24-12-10-23(28)11-13-24/h1-13,25H,14-19H2,(H,29,32). The molecule has 1 amide bonds. The minimum absolute atomic E-state index is 0.135. The second-order valence-electron chi connectivity index (χ2n) is 8.04. The summed E-state index contributed by atoms with van der Waals surface area (Å²) in [5.74, 6) is -0.789. The fraction of sp³-hybridized carbons (Fsp3) is 0.269. The minimum atomic E-state index is -0.360. The zero-order valence-electron chi connectivity index (χ0n) is 17.9. The summed E-state index contributed by atoms with van der Waals surface area (Å²) in [6.07, 6.45) is 0.771. The molecule has 1 unspecified atom stereocenters. The average Bonchev–Trinajstić information content (AvgIpc) is 2.83. The third-order valence-electron chi connectivity index (χ3n) is 5.91. The fourth-order valence-electron chi connectivity index (χ4n) is 4.04. The van der Waals surface area contributed by atoms with Gasteiger partial charge < -0.3 is 10.2 Å². The molecule has 0 aromatic heterocycles. The van der Waals surface area contributed by atoms with Gasteiger partial charge in [0.2, 0.25) is 0 Å². The Balaban J connectivity index is 1.35. The van der Waals surface area contributed by atoms with Crippen LogP contribution in [0.1, 0.15) is 28.4 Å². The maximum absolute atomic E-state index is 13.2. The highest BCUT2D eigenvalue weighted by atomic mass is 19.1. The van der Waals surface area contributed by atoms with Crippen molar-refractivity contribution in [1.29, 1.82) is 0 Å². The predicted molar refractivity (Wildman–Crippen MR) is 123 cm³/mol. The molecule has 1 saturated heterocycles. The maximum Gasteiger partial charge on any atom is 0.251 e. The first-order chi connectivity index (χ1) is 15.6. The molecule has 166 valence electrons. The molecule has 32 heavy (non-hydrogen) atoms. The normalized spacial score (nSPS) is 15.4. The molecule has 1 heterocycles. The maximum atomic E-state index is 13.2. The van der Waals surface area contributed by atoms with Crippen LogP contribution in [0.4, 0.5) is 14.5 Å². The van der Waals surface area contributed by atoms with Gasteiger partial charge in [-0.2, -0.15) is 0 Å². The van der Waals surface area contributed by atoms with E-state index in [0.29, 0.717) is 5.56 Å². The molecule has 1 N–H and O–H groups in total. The van der Waals surface area contributed by atoms with Crippen molar-refractivity contribution >= 4 is 11.6 Å². The van der Waals surface area contributed by atoms with Crippen LogP contribution in [0.25, 0.3) is 0 Å². The third kappa shape index (κ3) is 5.71. The zero-order valence-corrected chi connectivity index (χ0v) is 17.9. The summed E-state index contributed by atoms with van der Waals surface area (Å²) in [6, 6.07) is 22.0. The van der Waals surface area contributed by atoms with Crippen molar-refractivity contribution in [3.63, 3.8) is 0 Å². The summed E-state index contributed by atoms with van der Waals surface area (Å²) >= 11 is 0. The number of piperazine rings is 1. The van der Waals surface area contributed by atoms with Gasteiger partial charge in [0, 0.05) is 44.0 Å². The summed E-state index contributed by atoms with van der Waals surface area (Å²) in [4.78, 5) is 17.4. The number of carbonyl (C=O) groups excluding carboxylic acids is 1. The highest BCUT2D eigenvalue weighted by Gasteiger charge is 2.21. The Morgan fingerprint density at radius 2 is 1.41 bits per heavy atom. The van der Waals surface area contributed by atoms with Gasteiger partial charge in [-0.25, -0.2) is 8.78 Å². The van der Waals surface area contributed by atoms with E-state index in [1.54, 1.807) is 0 Å². The number of hydrogen-bond acceptors (Lipinski definition) is 3. The lowest BCUT2D eigenvalue weighted by molar-refractivity contribution is 0.0931. The Kier molecular flexibility index (Phi) is 7.12. The van der Waals surface area contributed by atoms with E-state index in [1.165, 1.54) is 36.4 Å². The molecule has 1 aliphatic heterocycles. The van der Waals surface area contributed by atoms with Gasteiger partial charge in [-0.1, -0.05) is 30.3 Å². The fourth-order valence-corrected chi connectivity index (χ4v) is 4.04. The van der Waals surface area contributed by atoms with Crippen LogP contribution >= 0.6 is 0 Å². The van der Waals surface area contributed by atoms with E-state index >= 15 is 0 Å². The summed E-state index contributed by atoms with van der Waals surface area (Å²) in [7, 11) is 0. The van der Waals surface area contributed by atoms with Crippen LogP contribution in [-0.4, -0.2) is 43.5 Å². The van der Waals surface area contributed by atoms with Crippen LogP contribution in [0.3, 0.4) is 0 Å². The van der Waals surface area contributed by atoms with Gasteiger partial charge in [-0.05, 0) is 60.5 Å². The highest BCUT2D eigenvalue weighted by Crippen LogP contribution is 2.20. The molecule has 3 aromatic rings. The number of nitrogens with one attached hydrogen (secondary N) is 1. The molecule has 1 fully saturated rings. The molecule has 4 rings (SSSR count). The molecule has 3 aromatic carbocycles. The number of rotatable bonds is 7. The van der Waals surface area contributed by atoms with Crippen LogP contribution in [0.5, 0.6) is 0 Å². The topological polar surface area (TPSA) is 35.6 Å². The summed E-state index contributed by atoms with van der Waals surface area (Å²) in [6.45, 7) is 4.42. The molecule has 0 bridgehead atoms. The Hall–Kier alpha value is -3.25. The number of hydrogen-bond donors (Lipinski definition) is 1. The first-order valence-corrected chi connectivity index (χ1v) is 10.9. The van der Waals surface area contributed by atoms with Gasteiger partial charge in [0.1, 0.15) is 11.6 Å². The number of benzene rings is 3. The molecule has 4 nitrogen and oxygen atoms in total. The quantitative estimate of drug-likeness (QED) is 0.587. The zero-order chi connectivity index (χ0) is 22.3. The lowest BCUT2D eigenvalue weighted by Gasteiger charge is -2.36. The van der Waals surface area contributed by atoms with Crippen molar-refractivity contribution < 1.29 is 13.6 Å². The van der Waals surface area contributed by atoms with E-state index < -0.39 is 0 Å². The van der Waals surface area contributed by atoms with Crippen LogP contribution in [0, 0.1) is 11.6 Å². The van der Waals surface area contributed by atoms with Crippen molar-refractivity contribution in [2.75, 3.05) is 37.6 Å². The Labute approximate surface area is 187 Å². The van der Waals surface area contributed by atoms with E-state index in [2.05, 4.69) is 15.1 Å². The second kappa shape index (κ2) is 10.4. The largest absolute Gasteiger partial charge is 0.369 e. The van der Waals surface area contributed by atoms with Gasteiger partial charge in [0.25, 0.3) is 5.91 Å². The smallest absolute Gasteiger partial charge is 0.251 e. The van der Waals surface area contributed by atoms with E-state index in [0.717, 1.165) is 50.4 Å². The first kappa shape index (κ1) is 22.0. The second-order valence-corrected chi connectivity index (χ2v) is 8.04. The van der Waals surface area contributed by atoms with Gasteiger partial charge >= 0.3 is 0 Å². The molecule has 6 heteroatoms. The molecule has 0 radical (unpaired) electrons. The van der Waals surface area contributed by atoms with Crippen molar-refractivity contribution in [3.8, 4) is 0 Å². The van der Waals surface area contributed by atoms with E-state index in [-0.39, 0.29) is 23.6 Å². The van der Waals surface area contributed by atoms with Crippen molar-refractivity contribution in [3.05, 3.63) is 102 Å². The number of carbonyl (C=O) groups is 1. The van der Waals surface area contributed by atoms with E-state index in [9.17, 15) is 13.6 Å². The molecule has 1 aliphatic rings. The van der Waals surface area contributed by atoms with Gasteiger partial charge in [-0.15, -0.1) is 0 Å². The number of nitrogens with zero attached hydrogens (tertiary/aromatic N) is 2.